The summed E-state index contributed by atoms with van der Waals surface area (Å²) in [5.41, 5.74) is 4.15. The molecule has 4 aliphatic rings. The first-order chi connectivity index (χ1) is 21.7. The summed E-state index contributed by atoms with van der Waals surface area (Å²) < 4.78 is 35.6. The third-order valence-electron chi connectivity index (χ3n) is 10.4. The van der Waals surface area contributed by atoms with Gasteiger partial charge in [0.1, 0.15) is 5.75 Å². The van der Waals surface area contributed by atoms with Crippen molar-refractivity contribution < 1.29 is 23.1 Å². The number of aliphatic hydroxyl groups is 1. The van der Waals surface area contributed by atoms with Gasteiger partial charge in [0, 0.05) is 35.0 Å². The van der Waals surface area contributed by atoms with Crippen molar-refractivity contribution in [1.82, 2.24) is 4.72 Å². The van der Waals surface area contributed by atoms with Crippen LogP contribution in [0.25, 0.3) is 0 Å². The fourth-order valence-electron chi connectivity index (χ4n) is 7.87. The normalized spacial score (nSPS) is 30.1. The van der Waals surface area contributed by atoms with E-state index in [1.165, 1.54) is 11.1 Å². The minimum absolute atomic E-state index is 0.0977. The molecule has 1 spiro atoms. The molecule has 0 radical (unpaired) electrons. The molecule has 2 aliphatic heterocycles. The predicted octanol–water partition coefficient (Wildman–Crippen LogP) is 6.00. The van der Waals surface area contributed by atoms with Crippen molar-refractivity contribution in [2.24, 2.45) is 11.8 Å². The van der Waals surface area contributed by atoms with Gasteiger partial charge in [-0.3, -0.25) is 4.79 Å². The van der Waals surface area contributed by atoms with E-state index in [0.29, 0.717) is 31.9 Å². The van der Waals surface area contributed by atoms with Gasteiger partial charge in [0.05, 0.1) is 24.2 Å². The van der Waals surface area contributed by atoms with Crippen molar-refractivity contribution in [1.29, 1.82) is 0 Å². The predicted molar refractivity (Wildman–Crippen MR) is 177 cm³/mol. The van der Waals surface area contributed by atoms with E-state index >= 15 is 0 Å². The highest BCUT2D eigenvalue weighted by molar-refractivity contribution is 7.90. The molecule has 45 heavy (non-hydrogen) atoms. The number of carbonyl (C=O) groups excluding carboxylic acids is 1. The van der Waals surface area contributed by atoms with E-state index in [0.717, 1.165) is 48.4 Å². The molecule has 7 rings (SSSR count). The Morgan fingerprint density at radius 1 is 1.04 bits per heavy atom. The Bertz CT molecular complexity index is 1730. The van der Waals surface area contributed by atoms with Gasteiger partial charge in [0.2, 0.25) is 10.0 Å². The molecule has 1 fully saturated rings. The third kappa shape index (κ3) is 6.12. The largest absolute Gasteiger partial charge is 0.490 e. The maximum Gasteiger partial charge on any atom is 0.264 e. The number of rotatable bonds is 1. The number of nitrogens with one attached hydrogen (secondary N) is 1. The number of benzene rings is 3. The van der Waals surface area contributed by atoms with E-state index in [9.17, 15) is 18.3 Å². The van der Waals surface area contributed by atoms with Crippen LogP contribution in [0.2, 0.25) is 5.02 Å². The fourth-order valence-corrected chi connectivity index (χ4v) is 9.40. The van der Waals surface area contributed by atoms with Gasteiger partial charge < -0.3 is 14.7 Å². The molecule has 2 aliphatic carbocycles. The summed E-state index contributed by atoms with van der Waals surface area (Å²) in [7, 11) is -3.98. The number of amides is 1. The highest BCUT2D eigenvalue weighted by atomic mass is 35.5. The monoisotopic (exact) mass is 646 g/mol. The van der Waals surface area contributed by atoms with Crippen LogP contribution in [0.15, 0.2) is 78.9 Å². The Balaban J connectivity index is 1.27. The van der Waals surface area contributed by atoms with E-state index in [4.69, 9.17) is 16.3 Å². The maximum atomic E-state index is 13.5. The van der Waals surface area contributed by atoms with Crippen LogP contribution in [-0.4, -0.2) is 51.0 Å². The standard InChI is InChI=1S/C36H39ClN2O5S/c37-29-13-15-31-25(18-29)9-5-17-36(31)22-39-20-27-11-14-30(27)33(40)10-4-8-28(24-6-2-1-3-7-24)21-45(42,43)38-35(41)26-12-16-34(44-23-36)32(39)19-26/h1-4,6-7,10,12-13,15-16,18-19,27-28,30,33,40H,5,8-9,11,14,17,20-23H2,(H,38,41)/b10-4+/t27-,28-,30+,33-,36-/m0/s1. The molecule has 236 valence electrons. The number of aliphatic hydroxyl groups excluding tert-OH is 1. The van der Waals surface area contributed by atoms with Gasteiger partial charge in [0.15, 0.2) is 0 Å². The minimum atomic E-state index is -3.98. The highest BCUT2D eigenvalue weighted by Gasteiger charge is 2.44. The zero-order chi connectivity index (χ0) is 31.2. The van der Waals surface area contributed by atoms with Crippen LogP contribution in [0.5, 0.6) is 5.75 Å². The van der Waals surface area contributed by atoms with Crippen LogP contribution >= 0.6 is 11.6 Å². The van der Waals surface area contributed by atoms with Gasteiger partial charge in [-0.2, -0.15) is 0 Å². The number of anilines is 1. The molecule has 5 atom stereocenters. The van der Waals surface area contributed by atoms with Gasteiger partial charge in [-0.25, -0.2) is 13.1 Å². The van der Waals surface area contributed by atoms with E-state index in [1.807, 2.05) is 48.6 Å². The fraction of sp³-hybridized carbons (Fsp3) is 0.417. The first kappa shape index (κ1) is 30.3. The zero-order valence-electron chi connectivity index (χ0n) is 25.2. The highest BCUT2D eigenvalue weighted by Crippen LogP contribution is 2.46. The summed E-state index contributed by atoms with van der Waals surface area (Å²) in [6.07, 6.45) is 8.44. The minimum Gasteiger partial charge on any atom is -0.490 e. The van der Waals surface area contributed by atoms with Gasteiger partial charge in [-0.1, -0.05) is 60.2 Å². The molecule has 0 unspecified atom stereocenters. The van der Waals surface area contributed by atoms with E-state index in [2.05, 4.69) is 21.8 Å². The van der Waals surface area contributed by atoms with Gasteiger partial charge in [-0.15, -0.1) is 0 Å². The van der Waals surface area contributed by atoms with Crippen molar-refractivity contribution in [3.8, 4) is 5.75 Å². The third-order valence-corrected chi connectivity index (χ3v) is 11.9. The van der Waals surface area contributed by atoms with Crippen molar-refractivity contribution in [3.63, 3.8) is 0 Å². The Hall–Kier alpha value is -3.33. The van der Waals surface area contributed by atoms with Crippen LogP contribution in [0.3, 0.4) is 0 Å². The zero-order valence-corrected chi connectivity index (χ0v) is 26.8. The van der Waals surface area contributed by atoms with Crippen LogP contribution in [-0.2, 0) is 21.9 Å². The molecular formula is C36H39ClN2O5S. The Labute approximate surface area is 270 Å². The first-order valence-corrected chi connectivity index (χ1v) is 18.0. The summed E-state index contributed by atoms with van der Waals surface area (Å²) in [6.45, 7) is 1.88. The number of ether oxygens (including phenoxy) is 1. The number of nitrogens with zero attached hydrogens (tertiary/aromatic N) is 1. The summed E-state index contributed by atoms with van der Waals surface area (Å²) in [6, 6.07) is 20.8. The average Bonchev–Trinajstić information content (AvgIpc) is 3.15. The van der Waals surface area contributed by atoms with E-state index < -0.39 is 22.0 Å². The Morgan fingerprint density at radius 2 is 1.89 bits per heavy atom. The van der Waals surface area contributed by atoms with E-state index in [1.54, 1.807) is 18.2 Å². The first-order valence-electron chi connectivity index (χ1n) is 15.9. The number of sulfonamides is 1. The van der Waals surface area contributed by atoms with E-state index in [-0.39, 0.29) is 34.5 Å². The molecule has 7 nitrogen and oxygen atoms in total. The lowest BCUT2D eigenvalue weighted by Gasteiger charge is -2.45. The second-order valence-electron chi connectivity index (χ2n) is 13.3. The Morgan fingerprint density at radius 3 is 2.69 bits per heavy atom. The molecule has 2 N–H and O–H groups in total. The topological polar surface area (TPSA) is 95.9 Å². The number of fused-ring (bicyclic) bond motifs is 4. The van der Waals surface area contributed by atoms with Crippen LogP contribution < -0.4 is 14.4 Å². The Kier molecular flexibility index (Phi) is 8.17. The van der Waals surface area contributed by atoms with Crippen LogP contribution in [0.4, 0.5) is 5.69 Å². The number of hydrogen-bond acceptors (Lipinski definition) is 6. The molecular weight excluding hydrogens is 608 g/mol. The molecule has 3 aromatic rings. The SMILES string of the molecule is O=C1NS(=O)(=O)C[C@@H](c2ccccc2)C/C=C/[C@H](O)[C@@H]2CC[C@H]2CN2C[C@@]3(CCCc4cc(Cl)ccc43)COc3ccc1cc32. The van der Waals surface area contributed by atoms with Gasteiger partial charge in [0.25, 0.3) is 5.91 Å². The summed E-state index contributed by atoms with van der Waals surface area (Å²) in [4.78, 5) is 15.8. The van der Waals surface area contributed by atoms with Crippen molar-refractivity contribution >= 4 is 33.2 Å². The lowest BCUT2D eigenvalue weighted by Crippen LogP contribution is -2.49. The van der Waals surface area contributed by atoms with Crippen molar-refractivity contribution in [3.05, 3.63) is 106 Å². The quantitative estimate of drug-likeness (QED) is 0.315. The molecule has 2 heterocycles. The van der Waals surface area contributed by atoms with Crippen molar-refractivity contribution in [2.75, 3.05) is 30.3 Å². The van der Waals surface area contributed by atoms with Crippen LogP contribution in [0.1, 0.15) is 65.1 Å². The number of allylic oxidation sites excluding steroid dienone is 1. The number of halogens is 1. The molecule has 2 bridgehead atoms. The summed E-state index contributed by atoms with van der Waals surface area (Å²) in [5.74, 6) is -0.237. The van der Waals surface area contributed by atoms with Crippen LogP contribution in [0, 0.1) is 11.8 Å². The molecule has 3 aromatic carbocycles. The molecule has 0 aromatic heterocycles. The second kappa shape index (κ2) is 12.1. The lowest BCUT2D eigenvalue weighted by atomic mass is 9.68. The molecule has 1 amide bonds. The number of carbonyl (C=O) groups is 1. The molecule has 9 heteroatoms. The second-order valence-corrected chi connectivity index (χ2v) is 15.5. The lowest BCUT2D eigenvalue weighted by molar-refractivity contribution is 0.0456. The van der Waals surface area contributed by atoms with Gasteiger partial charge in [-0.05, 0) is 97.4 Å². The molecule has 0 saturated heterocycles. The van der Waals surface area contributed by atoms with Gasteiger partial charge >= 0.3 is 0 Å². The number of hydrogen-bond donors (Lipinski definition) is 2. The smallest absolute Gasteiger partial charge is 0.264 e. The average molecular weight is 647 g/mol. The summed E-state index contributed by atoms with van der Waals surface area (Å²) >= 11 is 6.40. The maximum absolute atomic E-state index is 13.5. The molecule has 1 saturated carbocycles. The number of aryl methyl sites for hydroxylation is 1. The summed E-state index contributed by atoms with van der Waals surface area (Å²) in [5, 5.41) is 12.0. The van der Waals surface area contributed by atoms with Crippen molar-refractivity contribution in [2.45, 2.75) is 56.0 Å².